The number of aliphatic hydroxyl groups excluding tert-OH is 4. The largest absolute Gasteiger partial charge is 0.458 e. The van der Waals surface area contributed by atoms with Crippen molar-refractivity contribution >= 4 is 47.0 Å². The van der Waals surface area contributed by atoms with E-state index in [1.807, 2.05) is 128 Å². The predicted octanol–water partition coefficient (Wildman–Crippen LogP) is 23.7. The molecule has 0 aromatic rings. The van der Waals surface area contributed by atoms with E-state index in [-0.39, 0.29) is 196 Å². The predicted molar refractivity (Wildman–Crippen MR) is 590 cm³/mol. The Bertz CT molecular complexity index is 5130. The third-order valence-electron chi connectivity index (χ3n) is 46.0. The van der Waals surface area contributed by atoms with Gasteiger partial charge < -0.3 is 62.3 Å². The Hall–Kier alpha value is -6.88. The second-order valence-corrected chi connectivity index (χ2v) is 54.8. The third-order valence-corrected chi connectivity index (χ3v) is 46.0. The Morgan fingerprint density at radius 3 is 0.743 bits per heavy atom. The van der Waals surface area contributed by atoms with E-state index in [4.69, 9.17) is 41.9 Å². The fraction of sp³-hybridized carbons (Fsp3) is 0.750. The summed E-state index contributed by atoms with van der Waals surface area (Å²) in [5, 5.41) is 42.8. The zero-order valence-corrected chi connectivity index (χ0v) is 97.1. The molecule has 824 valence electrons. The van der Waals surface area contributed by atoms with Crippen LogP contribution in [0.5, 0.6) is 0 Å². The van der Waals surface area contributed by atoms with Crippen LogP contribution in [0.25, 0.3) is 0 Å². The maximum absolute atomic E-state index is 13.1. The molecular formula is C128H196N4O16. The van der Waals surface area contributed by atoms with Crippen molar-refractivity contribution in [1.82, 2.24) is 0 Å². The lowest BCUT2D eigenvalue weighted by atomic mass is 9.36. The van der Waals surface area contributed by atoms with Crippen LogP contribution in [-0.2, 0) is 57.3 Å². The summed E-state index contributed by atoms with van der Waals surface area (Å²) < 4.78 is 24.0. The quantitative estimate of drug-likeness (QED) is 0.0308. The van der Waals surface area contributed by atoms with Crippen molar-refractivity contribution in [2.75, 3.05) is 0 Å². The number of allylic oxidation sites excluding steroid dienone is 20. The lowest BCUT2D eigenvalue weighted by molar-refractivity contribution is -0.204. The molecule has 16 aliphatic rings. The van der Waals surface area contributed by atoms with E-state index < -0.39 is 24.4 Å². The highest BCUT2D eigenvalue weighted by Gasteiger charge is 2.76. The monoisotopic (exact) mass is 2050 g/mol. The van der Waals surface area contributed by atoms with Crippen LogP contribution in [0, 0.1) is 160 Å². The van der Waals surface area contributed by atoms with Crippen LogP contribution < -0.4 is 22.9 Å². The van der Waals surface area contributed by atoms with Crippen LogP contribution in [0.1, 0.15) is 376 Å². The Morgan fingerprint density at radius 1 is 0.277 bits per heavy atom. The zero-order chi connectivity index (χ0) is 110. The fourth-order valence-corrected chi connectivity index (χ4v) is 38.8. The Kier molecular flexibility index (Phi) is 34.9. The van der Waals surface area contributed by atoms with Gasteiger partial charge in [-0.3, -0.25) is 38.4 Å². The molecule has 0 unspecified atom stereocenters. The van der Waals surface area contributed by atoms with Gasteiger partial charge in [-0.05, 0) is 407 Å². The summed E-state index contributed by atoms with van der Waals surface area (Å²) in [6, 6.07) is -0.274. The highest BCUT2D eigenvalue weighted by atomic mass is 16.6. The minimum Gasteiger partial charge on any atom is -0.458 e. The molecule has 12 N–H and O–H groups in total. The van der Waals surface area contributed by atoms with Crippen molar-refractivity contribution in [3.05, 3.63) is 140 Å². The number of ketones is 4. The van der Waals surface area contributed by atoms with Crippen LogP contribution in [-0.4, -0.2) is 140 Å². The minimum absolute atomic E-state index is 0.00131. The van der Waals surface area contributed by atoms with Crippen LogP contribution in [0.3, 0.4) is 0 Å². The van der Waals surface area contributed by atoms with Crippen molar-refractivity contribution in [2.24, 2.45) is 183 Å². The average Bonchev–Trinajstić information content (AvgIpc) is 1.70. The number of carbonyl (C=O) groups excluding carboxylic acids is 8. The molecule has 0 spiro atoms. The molecule has 0 aromatic heterocycles. The van der Waals surface area contributed by atoms with Gasteiger partial charge >= 0.3 is 23.9 Å². The van der Waals surface area contributed by atoms with E-state index in [9.17, 15) is 58.8 Å². The summed E-state index contributed by atoms with van der Waals surface area (Å²) in [4.78, 5) is 101. The number of rotatable bonds is 16. The van der Waals surface area contributed by atoms with Gasteiger partial charge in [0.15, 0.2) is 23.1 Å². The van der Waals surface area contributed by atoms with Gasteiger partial charge in [0.1, 0.15) is 24.4 Å². The van der Waals surface area contributed by atoms with E-state index >= 15 is 0 Å². The van der Waals surface area contributed by atoms with Crippen LogP contribution >= 0.6 is 0 Å². The average molecular weight is 2050 g/mol. The van der Waals surface area contributed by atoms with Gasteiger partial charge in [0.05, 0.1) is 24.4 Å². The fourth-order valence-electron chi connectivity index (χ4n) is 38.8. The lowest BCUT2D eigenvalue weighted by Gasteiger charge is -2.69. The molecule has 16 aliphatic carbocycles. The molecule has 20 heteroatoms. The van der Waals surface area contributed by atoms with Crippen molar-refractivity contribution in [2.45, 2.75) is 449 Å². The van der Waals surface area contributed by atoms with E-state index in [1.54, 1.807) is 27.7 Å². The first-order valence-electron chi connectivity index (χ1n) is 57.4. The number of hydrogen-bond acceptors (Lipinski definition) is 20. The normalized spacial score (nSPS) is 46.5. The summed E-state index contributed by atoms with van der Waals surface area (Å²) in [6.45, 7) is 66.4. The number of aliphatic hydroxyl groups is 4. The zero-order valence-electron chi connectivity index (χ0n) is 97.1. The molecule has 0 saturated heterocycles. The van der Waals surface area contributed by atoms with Gasteiger partial charge in [-0.2, -0.15) is 0 Å². The van der Waals surface area contributed by atoms with E-state index in [0.29, 0.717) is 94.3 Å². The Morgan fingerprint density at radius 2 is 0.500 bits per heavy atom. The second-order valence-electron chi connectivity index (χ2n) is 54.8. The molecule has 0 aliphatic heterocycles. The molecule has 0 radical (unpaired) electrons. The molecule has 0 aromatic carbocycles. The molecule has 40 atom stereocenters. The minimum atomic E-state index is -0.443. The summed E-state index contributed by atoms with van der Waals surface area (Å²) in [5.41, 5.74) is 39.2. The van der Waals surface area contributed by atoms with Gasteiger partial charge in [-0.1, -0.05) is 206 Å². The Labute approximate surface area is 890 Å². The number of fused-ring (bicyclic) bond motifs is 20. The van der Waals surface area contributed by atoms with E-state index in [2.05, 4.69) is 111 Å². The van der Waals surface area contributed by atoms with Gasteiger partial charge in [0.25, 0.3) is 0 Å². The van der Waals surface area contributed by atoms with Crippen LogP contribution in [0.15, 0.2) is 140 Å². The maximum Gasteiger partial charge on any atom is 0.303 e. The molecule has 16 fully saturated rings. The van der Waals surface area contributed by atoms with Gasteiger partial charge in [-0.25, -0.2) is 0 Å². The first-order chi connectivity index (χ1) is 68.7. The number of nitrogens with two attached hydrogens (primary N) is 4. The van der Waals surface area contributed by atoms with Crippen LogP contribution in [0.2, 0.25) is 0 Å². The topological polar surface area (TPSA) is 358 Å². The number of Topliss-reactive ketones (excluding diaryl/α,β-unsaturated/α-hetero) is 4. The second kappa shape index (κ2) is 43.7. The molecule has 16 saturated carbocycles. The first-order valence-corrected chi connectivity index (χ1v) is 57.4. The van der Waals surface area contributed by atoms with Gasteiger partial charge in [-0.15, -0.1) is 0 Å². The Balaban J connectivity index is 0.000000165. The smallest absolute Gasteiger partial charge is 0.303 e. The maximum atomic E-state index is 13.1. The lowest BCUT2D eigenvalue weighted by Crippen LogP contribution is -2.67. The van der Waals surface area contributed by atoms with E-state index in [0.717, 1.165) is 186 Å². The summed E-state index contributed by atoms with van der Waals surface area (Å²) >= 11 is 0. The van der Waals surface area contributed by atoms with Crippen molar-refractivity contribution in [1.29, 1.82) is 0 Å². The summed E-state index contributed by atoms with van der Waals surface area (Å²) in [7, 11) is 0. The number of esters is 4. The SMILES string of the molecule is CC(=O)O[C@H]1C[C@@]2(C)[C@@H](C[C@@H](N)[C@H]3[C@@]4(C)CC[C@@H](O)[C@@H](C)[C@@H]4CC[C@@]32C)/C1=C(\C=C\C=C(C)C)C(C)=O.CC(=O)O[C@H]1C[C@@]2(C)[C@@H](C[C@H](N)[C@H]3[C@@]4(C)CC[C@@H](O)[C@@H](C)[C@@H]4CC[C@@]32C)/C1=C(\C=C\C=C(C)C)C(C)=O.CC(=O)O[C@H]1C[C@@]2(C)[C@H](/C1=C(\C=C\C=C(C)C)C(C)=O)[C@@H](N)C[C@H]1[C@@]3(C)CC[C@@H](O)[C@@H](C)[C@@H]3CC[C@@]12C.CC(=O)O[C@H]1C[C@@]2(C)[C@H](/C1=C(\C=C\C=C(C)C)C(C)=O)[C@H](N)C[C@H]1[C@@]3(C)CC[C@@H](O)[C@@H](C)[C@@H]3CC[C@@]12C. The molecule has 0 amide bonds. The highest BCUT2D eigenvalue weighted by Crippen LogP contribution is 2.80. The highest BCUT2D eigenvalue weighted by molar-refractivity contribution is 5.99. The molecule has 148 heavy (non-hydrogen) atoms. The standard InChI is InChI=1S/4C32H49NO4/c2*1-18(2)10-9-11-22(20(4)34)28-24-16-25(33)29-30(6)14-13-26(36)19(3)23(30)12-15-31(29,7)32(24,8)17-27(28)37-21(5)35;2*1-18(2)10-9-11-22(20(4)34)28-26(37-21(5)35)17-32(8)29(28)24(33)16-27-30(6)14-13-25(36)19(3)23(30)12-15-31(27,32)7/h4*9-11,19,23-27,29,36H,12-17,33H2,1-8H3/b2*11-9+,28-22-;2*11-9+,28-22+/t19-,23-,24-,25+,26+,27-,29-,30-,31-,32-;19-,23-,24-,25-,26+,27-,29-,30-,31-,32-;19-,23-,24+,25+,26-,27-,29-,30-,31-,32-;19-,23-,24-,25+,26-,27-,29-,30-,31-,32-/m0000/s1. The number of ether oxygens (including phenoxy) is 4. The van der Waals surface area contributed by atoms with Crippen molar-refractivity contribution < 1.29 is 77.7 Å². The number of hydrogen-bond donors (Lipinski definition) is 8. The van der Waals surface area contributed by atoms with Crippen molar-refractivity contribution in [3.8, 4) is 0 Å². The number of carbonyl (C=O) groups is 8. The van der Waals surface area contributed by atoms with Crippen molar-refractivity contribution in [3.63, 3.8) is 0 Å². The first kappa shape index (κ1) is 118. The van der Waals surface area contributed by atoms with E-state index in [1.165, 1.54) is 27.7 Å². The molecule has 20 nitrogen and oxygen atoms in total. The molecule has 0 bridgehead atoms. The summed E-state index contributed by atoms with van der Waals surface area (Å²) in [5.74, 6) is 3.33. The van der Waals surface area contributed by atoms with Gasteiger partial charge in [0.2, 0.25) is 0 Å². The third kappa shape index (κ3) is 20.4. The van der Waals surface area contributed by atoms with Gasteiger partial charge in [0, 0.05) is 86.0 Å². The molecular weight excluding hydrogens is 1850 g/mol. The molecule has 16 rings (SSSR count). The van der Waals surface area contributed by atoms with Crippen LogP contribution in [0.4, 0.5) is 0 Å². The molecule has 0 heterocycles. The summed E-state index contributed by atoms with van der Waals surface area (Å²) in [6.07, 6.45) is 42.9.